The summed E-state index contributed by atoms with van der Waals surface area (Å²) in [6.07, 6.45) is 1.76. The van der Waals surface area contributed by atoms with Crippen LogP contribution >= 0.6 is 11.6 Å². The molecule has 0 saturated carbocycles. The van der Waals surface area contributed by atoms with Crippen LogP contribution in [-0.4, -0.2) is 28.9 Å². The summed E-state index contributed by atoms with van der Waals surface area (Å²) in [5, 5.41) is 0.106. The Morgan fingerprint density at radius 3 is 2.85 bits per heavy atom. The van der Waals surface area contributed by atoms with Crippen LogP contribution in [0.15, 0.2) is 12.3 Å². The largest absolute Gasteiger partial charge is 0.342 e. The van der Waals surface area contributed by atoms with Crippen LogP contribution in [0.1, 0.15) is 12.6 Å². The highest BCUT2D eigenvalue weighted by Crippen LogP contribution is 2.06. The van der Waals surface area contributed by atoms with E-state index in [0.29, 0.717) is 0 Å². The Kier molecular flexibility index (Phi) is 3.48. The summed E-state index contributed by atoms with van der Waals surface area (Å²) >= 11 is 5.87. The molecule has 3 nitrogen and oxygen atoms in total. The first-order valence-electron chi connectivity index (χ1n) is 4.24. The van der Waals surface area contributed by atoms with Gasteiger partial charge in [-0.2, -0.15) is 0 Å². The molecule has 13 heavy (non-hydrogen) atoms. The Balaban J connectivity index is 2.71. The van der Waals surface area contributed by atoms with Crippen LogP contribution in [0.25, 0.3) is 0 Å². The third kappa shape index (κ3) is 3.19. The van der Waals surface area contributed by atoms with E-state index in [1.807, 2.05) is 31.9 Å². The average Bonchev–Trinajstić information content (AvgIpc) is 2.03. The zero-order valence-corrected chi connectivity index (χ0v) is 8.91. The molecule has 1 aromatic rings. The molecule has 0 N–H and O–H groups in total. The fraction of sp³-hybridized carbons (Fsp3) is 0.556. The molecule has 1 unspecified atom stereocenters. The van der Waals surface area contributed by atoms with Gasteiger partial charge >= 0.3 is 0 Å². The van der Waals surface area contributed by atoms with Crippen LogP contribution in [0, 0.1) is 6.92 Å². The van der Waals surface area contributed by atoms with Crippen LogP contribution in [0.2, 0.25) is 0 Å². The highest BCUT2D eigenvalue weighted by molar-refractivity contribution is 6.20. The van der Waals surface area contributed by atoms with E-state index in [2.05, 4.69) is 9.97 Å². The second-order valence-corrected chi connectivity index (χ2v) is 3.90. The predicted octanol–water partition coefficient (Wildman–Crippen LogP) is 1.85. The lowest BCUT2D eigenvalue weighted by atomic mass is 10.4. The molecule has 0 fully saturated rings. The topological polar surface area (TPSA) is 29.0 Å². The summed E-state index contributed by atoms with van der Waals surface area (Å²) in [6.45, 7) is 4.65. The second-order valence-electron chi connectivity index (χ2n) is 3.16. The third-order valence-corrected chi connectivity index (χ3v) is 1.79. The Morgan fingerprint density at radius 2 is 2.31 bits per heavy atom. The summed E-state index contributed by atoms with van der Waals surface area (Å²) in [5.74, 6) is 0.729. The molecule has 1 heterocycles. The number of halogens is 1. The minimum Gasteiger partial charge on any atom is -0.342 e. The van der Waals surface area contributed by atoms with Gasteiger partial charge in [0.1, 0.15) is 0 Å². The number of aryl methyl sites for hydroxylation is 1. The number of rotatable bonds is 3. The minimum absolute atomic E-state index is 0.106. The Bertz CT molecular complexity index is 275. The van der Waals surface area contributed by atoms with Crippen molar-refractivity contribution in [1.82, 2.24) is 9.97 Å². The lowest BCUT2D eigenvalue weighted by molar-refractivity contribution is 0.820. The van der Waals surface area contributed by atoms with Gasteiger partial charge in [-0.25, -0.2) is 9.97 Å². The molecular formula is C9H14ClN3. The van der Waals surface area contributed by atoms with E-state index in [4.69, 9.17) is 11.6 Å². The van der Waals surface area contributed by atoms with E-state index in [1.165, 1.54) is 0 Å². The zero-order chi connectivity index (χ0) is 9.84. The fourth-order valence-electron chi connectivity index (χ4n) is 1.08. The van der Waals surface area contributed by atoms with Crippen LogP contribution in [0.5, 0.6) is 0 Å². The van der Waals surface area contributed by atoms with Crippen LogP contribution in [0.4, 0.5) is 5.95 Å². The summed E-state index contributed by atoms with van der Waals surface area (Å²) in [4.78, 5) is 10.4. The van der Waals surface area contributed by atoms with Crippen molar-refractivity contribution in [1.29, 1.82) is 0 Å². The SMILES string of the molecule is Cc1ccnc(N(C)CC(C)Cl)n1. The van der Waals surface area contributed by atoms with Gasteiger partial charge in [0, 0.05) is 30.9 Å². The smallest absolute Gasteiger partial charge is 0.225 e. The van der Waals surface area contributed by atoms with Crippen molar-refractivity contribution in [2.45, 2.75) is 19.2 Å². The highest BCUT2D eigenvalue weighted by Gasteiger charge is 2.06. The van der Waals surface area contributed by atoms with E-state index in [9.17, 15) is 0 Å². The first kappa shape index (κ1) is 10.3. The molecule has 0 radical (unpaired) electrons. The minimum atomic E-state index is 0.106. The first-order chi connectivity index (χ1) is 6.09. The number of anilines is 1. The van der Waals surface area contributed by atoms with Gasteiger partial charge in [0.2, 0.25) is 5.95 Å². The molecule has 0 amide bonds. The first-order valence-corrected chi connectivity index (χ1v) is 4.68. The molecule has 0 saturated heterocycles. The monoisotopic (exact) mass is 199 g/mol. The van der Waals surface area contributed by atoms with Crippen molar-refractivity contribution in [3.8, 4) is 0 Å². The zero-order valence-electron chi connectivity index (χ0n) is 8.16. The van der Waals surface area contributed by atoms with E-state index in [-0.39, 0.29) is 5.38 Å². The number of hydrogen-bond acceptors (Lipinski definition) is 3. The van der Waals surface area contributed by atoms with Crippen LogP contribution < -0.4 is 4.90 Å². The summed E-state index contributed by atoms with van der Waals surface area (Å²) in [7, 11) is 1.94. The maximum atomic E-state index is 5.87. The molecule has 0 aliphatic rings. The average molecular weight is 200 g/mol. The number of alkyl halides is 1. The van der Waals surface area contributed by atoms with Crippen LogP contribution in [-0.2, 0) is 0 Å². The standard InChI is InChI=1S/C9H14ClN3/c1-7(10)6-13(3)9-11-5-4-8(2)12-9/h4-5,7H,6H2,1-3H3. The van der Waals surface area contributed by atoms with Gasteiger partial charge in [-0.1, -0.05) is 0 Å². The fourth-order valence-corrected chi connectivity index (χ4v) is 1.29. The van der Waals surface area contributed by atoms with Crippen molar-refractivity contribution < 1.29 is 0 Å². The normalized spacial score (nSPS) is 12.6. The number of aromatic nitrogens is 2. The Labute approximate surface area is 83.8 Å². The molecule has 0 aliphatic heterocycles. The maximum absolute atomic E-state index is 5.87. The predicted molar refractivity (Wildman–Crippen MR) is 55.4 cm³/mol. The Morgan fingerprint density at radius 1 is 1.62 bits per heavy atom. The van der Waals surface area contributed by atoms with Gasteiger partial charge in [-0.3, -0.25) is 0 Å². The van der Waals surface area contributed by atoms with E-state index >= 15 is 0 Å². The molecule has 0 bridgehead atoms. The summed E-state index contributed by atoms with van der Waals surface area (Å²) < 4.78 is 0. The Hall–Kier alpha value is -0.830. The third-order valence-electron chi connectivity index (χ3n) is 1.65. The number of hydrogen-bond donors (Lipinski definition) is 0. The molecule has 72 valence electrons. The summed E-state index contributed by atoms with van der Waals surface area (Å²) in [5.41, 5.74) is 0.971. The van der Waals surface area contributed by atoms with Crippen LogP contribution in [0.3, 0.4) is 0 Å². The second kappa shape index (κ2) is 4.42. The van der Waals surface area contributed by atoms with E-state index in [0.717, 1.165) is 18.2 Å². The molecule has 0 spiro atoms. The van der Waals surface area contributed by atoms with Crippen molar-refractivity contribution >= 4 is 17.5 Å². The summed E-state index contributed by atoms with van der Waals surface area (Å²) in [6, 6.07) is 1.88. The maximum Gasteiger partial charge on any atom is 0.225 e. The van der Waals surface area contributed by atoms with Crippen molar-refractivity contribution in [2.24, 2.45) is 0 Å². The van der Waals surface area contributed by atoms with Gasteiger partial charge in [0.15, 0.2) is 0 Å². The van der Waals surface area contributed by atoms with Crippen molar-refractivity contribution in [3.05, 3.63) is 18.0 Å². The van der Waals surface area contributed by atoms with Gasteiger partial charge in [-0.05, 0) is 19.9 Å². The molecule has 0 aliphatic carbocycles. The van der Waals surface area contributed by atoms with Gasteiger partial charge in [0.05, 0.1) is 0 Å². The number of nitrogens with zero attached hydrogens (tertiary/aromatic N) is 3. The lowest BCUT2D eigenvalue weighted by Gasteiger charge is -2.17. The molecule has 4 heteroatoms. The van der Waals surface area contributed by atoms with Gasteiger partial charge < -0.3 is 4.90 Å². The molecule has 0 aromatic carbocycles. The molecule has 1 aromatic heterocycles. The van der Waals surface area contributed by atoms with Gasteiger partial charge in [0.25, 0.3) is 0 Å². The van der Waals surface area contributed by atoms with Crippen molar-refractivity contribution in [3.63, 3.8) is 0 Å². The molecule has 1 atom stereocenters. The highest BCUT2D eigenvalue weighted by atomic mass is 35.5. The molecular weight excluding hydrogens is 186 g/mol. The quantitative estimate of drug-likeness (QED) is 0.696. The van der Waals surface area contributed by atoms with Crippen molar-refractivity contribution in [2.75, 3.05) is 18.5 Å². The lowest BCUT2D eigenvalue weighted by Crippen LogP contribution is -2.26. The van der Waals surface area contributed by atoms with E-state index in [1.54, 1.807) is 6.20 Å². The van der Waals surface area contributed by atoms with Gasteiger partial charge in [-0.15, -0.1) is 11.6 Å². The molecule has 1 rings (SSSR count). The van der Waals surface area contributed by atoms with E-state index < -0.39 is 0 Å².